The summed E-state index contributed by atoms with van der Waals surface area (Å²) in [5.74, 6) is 0.0627. The van der Waals surface area contributed by atoms with E-state index in [9.17, 15) is 13.2 Å². The minimum atomic E-state index is -3.54. The number of hydrogen-bond acceptors (Lipinski definition) is 5. The van der Waals surface area contributed by atoms with Crippen molar-refractivity contribution in [2.45, 2.75) is 50.8 Å². The largest absolute Gasteiger partial charge is 0.361 e. The maximum absolute atomic E-state index is 12.8. The summed E-state index contributed by atoms with van der Waals surface area (Å²) in [4.78, 5) is 13.0. The van der Waals surface area contributed by atoms with E-state index in [1.165, 1.54) is 10.4 Å². The van der Waals surface area contributed by atoms with Crippen molar-refractivity contribution >= 4 is 21.6 Å². The SMILES string of the molecule is Cc1onc(C(C)(C)C)c1C(=O)Nc1cccc(S(=O)(=O)N2CCCC2)c1. The molecule has 2 heterocycles. The number of hydrogen-bond donors (Lipinski definition) is 1. The van der Waals surface area contributed by atoms with E-state index in [0.717, 1.165) is 12.8 Å². The van der Waals surface area contributed by atoms with Crippen molar-refractivity contribution in [3.05, 3.63) is 41.3 Å². The molecular formula is C19H25N3O4S. The number of nitrogens with zero attached hydrogens (tertiary/aromatic N) is 2. The zero-order chi connectivity index (χ0) is 19.8. The van der Waals surface area contributed by atoms with Crippen LogP contribution in [0.25, 0.3) is 0 Å². The number of aryl methyl sites for hydroxylation is 1. The summed E-state index contributed by atoms with van der Waals surface area (Å²) < 4.78 is 32.2. The summed E-state index contributed by atoms with van der Waals surface area (Å²) in [5.41, 5.74) is 1.01. The lowest BCUT2D eigenvalue weighted by molar-refractivity contribution is 0.102. The third-order valence-corrected chi connectivity index (χ3v) is 6.49. The van der Waals surface area contributed by atoms with Crippen molar-refractivity contribution in [1.82, 2.24) is 9.46 Å². The summed E-state index contributed by atoms with van der Waals surface area (Å²) in [6, 6.07) is 6.34. The number of benzene rings is 1. The summed E-state index contributed by atoms with van der Waals surface area (Å²) in [5, 5.41) is 6.80. The van der Waals surface area contributed by atoms with Crippen LogP contribution >= 0.6 is 0 Å². The van der Waals surface area contributed by atoms with Crippen LogP contribution in [0.5, 0.6) is 0 Å². The first-order valence-corrected chi connectivity index (χ1v) is 10.4. The Hall–Kier alpha value is -2.19. The molecule has 0 saturated carbocycles. The van der Waals surface area contributed by atoms with Crippen LogP contribution in [-0.4, -0.2) is 36.9 Å². The molecule has 8 heteroatoms. The number of anilines is 1. The fourth-order valence-electron chi connectivity index (χ4n) is 3.16. The molecule has 1 amide bonds. The molecule has 27 heavy (non-hydrogen) atoms. The Morgan fingerprint density at radius 2 is 1.89 bits per heavy atom. The maximum Gasteiger partial charge on any atom is 0.261 e. The third kappa shape index (κ3) is 3.91. The minimum Gasteiger partial charge on any atom is -0.361 e. The van der Waals surface area contributed by atoms with Gasteiger partial charge in [-0.2, -0.15) is 4.31 Å². The van der Waals surface area contributed by atoms with Gasteiger partial charge in [0.15, 0.2) is 0 Å². The first kappa shape index (κ1) is 19.6. The van der Waals surface area contributed by atoms with Crippen molar-refractivity contribution in [3.8, 4) is 0 Å². The standard InChI is InChI=1S/C19H25N3O4S/c1-13-16(17(21-26-13)19(2,3)4)18(23)20-14-8-7-9-15(12-14)27(24,25)22-10-5-6-11-22/h7-9,12H,5-6,10-11H2,1-4H3,(H,20,23). The molecular weight excluding hydrogens is 366 g/mol. The zero-order valence-electron chi connectivity index (χ0n) is 16.1. The van der Waals surface area contributed by atoms with Gasteiger partial charge in [-0.1, -0.05) is 32.0 Å². The molecule has 1 aliphatic rings. The van der Waals surface area contributed by atoms with Gasteiger partial charge in [-0.05, 0) is 38.0 Å². The molecule has 0 aliphatic carbocycles. The first-order chi connectivity index (χ1) is 12.6. The van der Waals surface area contributed by atoms with Crippen molar-refractivity contribution in [3.63, 3.8) is 0 Å². The minimum absolute atomic E-state index is 0.181. The fourth-order valence-corrected chi connectivity index (χ4v) is 4.72. The predicted molar refractivity (Wildman–Crippen MR) is 102 cm³/mol. The van der Waals surface area contributed by atoms with E-state index >= 15 is 0 Å². The van der Waals surface area contributed by atoms with Gasteiger partial charge >= 0.3 is 0 Å². The molecule has 1 fully saturated rings. The highest BCUT2D eigenvalue weighted by Gasteiger charge is 2.30. The molecule has 0 unspecified atom stereocenters. The number of carbonyl (C=O) groups is 1. The van der Waals surface area contributed by atoms with Crippen LogP contribution in [0.2, 0.25) is 0 Å². The summed E-state index contributed by atoms with van der Waals surface area (Å²) in [7, 11) is -3.54. The van der Waals surface area contributed by atoms with Crippen LogP contribution in [0.3, 0.4) is 0 Å². The van der Waals surface area contributed by atoms with E-state index < -0.39 is 10.0 Å². The highest BCUT2D eigenvalue weighted by Crippen LogP contribution is 2.28. The van der Waals surface area contributed by atoms with Gasteiger partial charge in [-0.3, -0.25) is 4.79 Å². The topological polar surface area (TPSA) is 92.5 Å². The Bertz CT molecular complexity index is 952. The summed E-state index contributed by atoms with van der Waals surface area (Å²) >= 11 is 0. The molecule has 146 valence electrons. The molecule has 0 bridgehead atoms. The van der Waals surface area contributed by atoms with E-state index in [1.807, 2.05) is 20.8 Å². The third-order valence-electron chi connectivity index (χ3n) is 4.59. The number of amides is 1. The first-order valence-electron chi connectivity index (χ1n) is 8.99. The molecule has 1 saturated heterocycles. The maximum atomic E-state index is 12.8. The van der Waals surface area contributed by atoms with Crippen LogP contribution in [0, 0.1) is 6.92 Å². The number of aromatic nitrogens is 1. The van der Waals surface area contributed by atoms with Crippen LogP contribution in [-0.2, 0) is 15.4 Å². The van der Waals surface area contributed by atoms with Crippen LogP contribution in [0.15, 0.2) is 33.7 Å². The molecule has 7 nitrogen and oxygen atoms in total. The Morgan fingerprint density at radius 1 is 1.22 bits per heavy atom. The molecule has 1 N–H and O–H groups in total. The van der Waals surface area contributed by atoms with E-state index in [1.54, 1.807) is 25.1 Å². The molecule has 2 aromatic rings. The van der Waals surface area contributed by atoms with E-state index in [4.69, 9.17) is 4.52 Å². The Kier molecular flexibility index (Phi) is 5.14. The molecule has 0 radical (unpaired) electrons. The second-order valence-corrected chi connectivity index (χ2v) is 9.74. The van der Waals surface area contributed by atoms with Gasteiger partial charge in [0.2, 0.25) is 10.0 Å². The predicted octanol–water partition coefficient (Wildman–Crippen LogP) is 3.32. The second kappa shape index (κ2) is 7.09. The molecule has 3 rings (SSSR count). The van der Waals surface area contributed by atoms with E-state index in [0.29, 0.717) is 35.8 Å². The monoisotopic (exact) mass is 391 g/mol. The number of nitrogens with one attached hydrogen (secondary N) is 1. The Labute approximate surface area is 159 Å². The number of sulfonamides is 1. The quantitative estimate of drug-likeness (QED) is 0.863. The van der Waals surface area contributed by atoms with Gasteiger partial charge in [0.1, 0.15) is 17.0 Å². The smallest absolute Gasteiger partial charge is 0.261 e. The lowest BCUT2D eigenvalue weighted by Crippen LogP contribution is -2.28. The molecule has 0 spiro atoms. The van der Waals surface area contributed by atoms with Crippen molar-refractivity contribution < 1.29 is 17.7 Å². The molecule has 0 atom stereocenters. The number of rotatable bonds is 4. The van der Waals surface area contributed by atoms with Gasteiger partial charge in [0, 0.05) is 24.2 Å². The van der Waals surface area contributed by atoms with Gasteiger partial charge in [-0.15, -0.1) is 0 Å². The number of carbonyl (C=O) groups excluding carboxylic acids is 1. The molecule has 1 aromatic carbocycles. The van der Waals surface area contributed by atoms with Gasteiger partial charge in [-0.25, -0.2) is 8.42 Å². The summed E-state index contributed by atoms with van der Waals surface area (Å²) in [6.07, 6.45) is 1.75. The van der Waals surface area contributed by atoms with Crippen LogP contribution in [0.4, 0.5) is 5.69 Å². The molecule has 1 aromatic heterocycles. The average molecular weight is 391 g/mol. The van der Waals surface area contributed by atoms with Crippen molar-refractivity contribution in [2.75, 3.05) is 18.4 Å². The van der Waals surface area contributed by atoms with Crippen LogP contribution in [0.1, 0.15) is 55.4 Å². The van der Waals surface area contributed by atoms with Crippen molar-refractivity contribution in [2.24, 2.45) is 0 Å². The van der Waals surface area contributed by atoms with Crippen molar-refractivity contribution in [1.29, 1.82) is 0 Å². The summed E-state index contributed by atoms with van der Waals surface area (Å²) in [6.45, 7) is 8.60. The highest BCUT2D eigenvalue weighted by molar-refractivity contribution is 7.89. The molecule has 1 aliphatic heterocycles. The van der Waals surface area contributed by atoms with Gasteiger partial charge < -0.3 is 9.84 Å². The lowest BCUT2D eigenvalue weighted by Gasteiger charge is -2.17. The van der Waals surface area contributed by atoms with E-state index in [2.05, 4.69) is 10.5 Å². The fraction of sp³-hybridized carbons (Fsp3) is 0.474. The normalized spacial score (nSPS) is 15.9. The average Bonchev–Trinajstić information content (AvgIpc) is 3.24. The van der Waals surface area contributed by atoms with Gasteiger partial charge in [0.25, 0.3) is 5.91 Å². The van der Waals surface area contributed by atoms with Gasteiger partial charge in [0.05, 0.1) is 4.90 Å². The van der Waals surface area contributed by atoms with E-state index in [-0.39, 0.29) is 16.2 Å². The lowest BCUT2D eigenvalue weighted by atomic mass is 9.88. The Balaban J connectivity index is 1.87. The second-order valence-electron chi connectivity index (χ2n) is 7.81. The zero-order valence-corrected chi connectivity index (χ0v) is 16.9. The van der Waals surface area contributed by atoms with Crippen LogP contribution < -0.4 is 5.32 Å². The Morgan fingerprint density at radius 3 is 2.52 bits per heavy atom. The highest BCUT2D eigenvalue weighted by atomic mass is 32.2.